The van der Waals surface area contributed by atoms with E-state index < -0.39 is 17.8 Å². The lowest BCUT2D eigenvalue weighted by atomic mass is 9.82. The Hall–Kier alpha value is -5.27. The third kappa shape index (κ3) is 5.39. The molecule has 252 valence electrons. The number of rotatable bonds is 9. The molecule has 0 radical (unpaired) electrons. The van der Waals surface area contributed by atoms with Gasteiger partial charge in [-0.2, -0.15) is 0 Å². The Bertz CT molecular complexity index is 1900. The Kier molecular flexibility index (Phi) is 7.80. The van der Waals surface area contributed by atoms with Crippen LogP contribution >= 0.6 is 0 Å². The van der Waals surface area contributed by atoms with Crippen LogP contribution in [0.4, 0.5) is 26.7 Å². The van der Waals surface area contributed by atoms with E-state index in [9.17, 15) is 19.5 Å². The topological polar surface area (TPSA) is 140 Å². The number of aliphatic hydroxyl groups is 1. The fourth-order valence-corrected chi connectivity index (χ4v) is 7.41. The molecule has 0 saturated carbocycles. The summed E-state index contributed by atoms with van der Waals surface area (Å²) in [4.78, 5) is 44.1. The Balaban J connectivity index is 1.04. The zero-order chi connectivity index (χ0) is 33.7. The summed E-state index contributed by atoms with van der Waals surface area (Å²) in [5.74, 6) is -0.316. The molecule has 4 aliphatic rings. The third-order valence-corrected chi connectivity index (χ3v) is 9.95. The minimum absolute atomic E-state index is 0.153. The van der Waals surface area contributed by atoms with Crippen LogP contribution in [0.1, 0.15) is 48.3 Å². The van der Waals surface area contributed by atoms with Gasteiger partial charge in [-0.05, 0) is 54.3 Å². The number of anilines is 3. The van der Waals surface area contributed by atoms with Crippen LogP contribution in [0.3, 0.4) is 0 Å². The molecule has 0 bridgehead atoms. The van der Waals surface area contributed by atoms with Crippen LogP contribution in [0, 0.1) is 5.92 Å². The first-order valence-electron chi connectivity index (χ1n) is 16.6. The average Bonchev–Trinajstić information content (AvgIpc) is 3.96. The molecule has 13 nitrogen and oxygen atoms in total. The van der Waals surface area contributed by atoms with Crippen molar-refractivity contribution in [3.8, 4) is 0 Å². The monoisotopic (exact) mass is 664 g/mol. The molecule has 8 rings (SSSR count). The van der Waals surface area contributed by atoms with Crippen LogP contribution in [0.15, 0.2) is 79.0 Å². The second-order valence-electron chi connectivity index (χ2n) is 12.9. The van der Waals surface area contributed by atoms with Crippen LogP contribution in [0.25, 0.3) is 0 Å². The molecule has 1 aromatic heterocycles. The summed E-state index contributed by atoms with van der Waals surface area (Å²) >= 11 is 0. The second kappa shape index (κ2) is 12.3. The molecule has 5 heterocycles. The minimum atomic E-state index is -1.24. The number of amides is 3. The number of aliphatic hydroxyl groups excluding tert-OH is 1. The molecular weight excluding hydrogens is 628 g/mol. The highest BCUT2D eigenvalue weighted by Crippen LogP contribution is 2.54. The zero-order valence-electron chi connectivity index (χ0n) is 27.0. The summed E-state index contributed by atoms with van der Waals surface area (Å²) in [6.45, 7) is 4.41. The predicted molar refractivity (Wildman–Crippen MR) is 177 cm³/mol. The van der Waals surface area contributed by atoms with E-state index in [-0.39, 0.29) is 24.0 Å². The quantitative estimate of drug-likeness (QED) is 0.273. The van der Waals surface area contributed by atoms with Gasteiger partial charge in [0.1, 0.15) is 25.0 Å². The fourth-order valence-electron chi connectivity index (χ4n) is 7.41. The summed E-state index contributed by atoms with van der Waals surface area (Å²) < 4.78 is 18.8. The van der Waals surface area contributed by atoms with Gasteiger partial charge in [-0.1, -0.05) is 54.6 Å². The van der Waals surface area contributed by atoms with Gasteiger partial charge in [-0.25, -0.2) is 9.59 Å². The third-order valence-electron chi connectivity index (χ3n) is 9.95. The van der Waals surface area contributed by atoms with Crippen molar-refractivity contribution in [3.05, 3.63) is 101 Å². The highest BCUT2D eigenvalue weighted by molar-refractivity contribution is 6.08. The van der Waals surface area contributed by atoms with Crippen LogP contribution < -0.4 is 14.7 Å². The van der Waals surface area contributed by atoms with Gasteiger partial charge in [0.25, 0.3) is 5.91 Å². The fraction of sp³-hybridized carbons (Fsp3) is 0.361. The lowest BCUT2D eigenvalue weighted by Crippen LogP contribution is -2.43. The highest BCUT2D eigenvalue weighted by atomic mass is 16.6. The molecule has 1 spiro atoms. The number of carbonyl (C=O) groups excluding carboxylic acids is 3. The number of aromatic nitrogens is 3. The first-order chi connectivity index (χ1) is 23.8. The van der Waals surface area contributed by atoms with Crippen LogP contribution in [-0.2, 0) is 37.7 Å². The maximum Gasteiger partial charge on any atom is 0.414 e. The molecule has 49 heavy (non-hydrogen) atoms. The van der Waals surface area contributed by atoms with E-state index in [0.29, 0.717) is 63.6 Å². The number of hydrogen-bond donors (Lipinski definition) is 1. The molecule has 4 aliphatic heterocycles. The van der Waals surface area contributed by atoms with Crippen LogP contribution in [0.5, 0.6) is 0 Å². The van der Waals surface area contributed by atoms with Crippen molar-refractivity contribution >= 4 is 35.2 Å². The summed E-state index contributed by atoms with van der Waals surface area (Å²) in [6, 6.07) is 22.5. The molecule has 4 atom stereocenters. The van der Waals surface area contributed by atoms with Gasteiger partial charge >= 0.3 is 12.2 Å². The molecule has 3 fully saturated rings. The molecule has 3 saturated heterocycles. The lowest BCUT2D eigenvalue weighted by Gasteiger charge is -2.28. The van der Waals surface area contributed by atoms with E-state index in [1.807, 2.05) is 79.7 Å². The van der Waals surface area contributed by atoms with Crippen molar-refractivity contribution in [3.63, 3.8) is 0 Å². The SMILES string of the molecule is C[C@H]1C[C@@H](CCn2cc([C@H](O)c3ccccc3)nn2)O[C@]12C(=O)N(Cc1ccc(N3CCOC3=O)cc1)c1ccc(N3CCOC3=O)cc12. The van der Waals surface area contributed by atoms with Gasteiger partial charge in [0.2, 0.25) is 0 Å². The maximum atomic E-state index is 14.6. The van der Waals surface area contributed by atoms with Crippen molar-refractivity contribution in [2.24, 2.45) is 5.92 Å². The second-order valence-corrected chi connectivity index (χ2v) is 12.9. The predicted octanol–water partition coefficient (Wildman–Crippen LogP) is 4.53. The Morgan fingerprint density at radius 1 is 0.918 bits per heavy atom. The van der Waals surface area contributed by atoms with Crippen molar-refractivity contribution in [2.75, 3.05) is 41.0 Å². The van der Waals surface area contributed by atoms with Gasteiger partial charge in [-0.3, -0.25) is 19.3 Å². The summed E-state index contributed by atoms with van der Waals surface area (Å²) in [5, 5.41) is 19.2. The van der Waals surface area contributed by atoms with E-state index >= 15 is 0 Å². The standard InChI is InChI=1S/C36H36N6O7/c1-23-19-28(13-14-39-22-30(37-38-39)32(43)25-5-3-2-4-6-25)49-36(23)29-20-27(41-16-18-48-35(41)46)11-12-31(29)42(33(36)44)21-24-7-9-26(10-8-24)40-15-17-47-34(40)45/h2-12,20,22-23,28,32,43H,13-19,21H2,1H3/t23-,28+,32+,36+/m0/s1. The van der Waals surface area contributed by atoms with Gasteiger partial charge in [0.05, 0.1) is 37.6 Å². The maximum absolute atomic E-state index is 14.6. The Labute approximate surface area is 282 Å². The smallest absolute Gasteiger partial charge is 0.414 e. The number of ether oxygens (including phenoxy) is 3. The number of carbonyl (C=O) groups is 3. The van der Waals surface area contributed by atoms with Gasteiger partial charge in [0.15, 0.2) is 5.60 Å². The largest absolute Gasteiger partial charge is 0.447 e. The van der Waals surface area contributed by atoms with Crippen LogP contribution in [0.2, 0.25) is 0 Å². The molecular formula is C36H36N6O7. The molecule has 0 unspecified atom stereocenters. The number of cyclic esters (lactones) is 2. The molecule has 3 amide bonds. The summed E-state index contributed by atoms with van der Waals surface area (Å²) in [5.41, 5.74) is 3.71. The van der Waals surface area contributed by atoms with E-state index in [1.165, 1.54) is 0 Å². The van der Waals surface area contributed by atoms with Crippen molar-refractivity contribution < 1.29 is 33.7 Å². The number of benzene rings is 3. The van der Waals surface area contributed by atoms with Crippen molar-refractivity contribution in [1.82, 2.24) is 15.0 Å². The van der Waals surface area contributed by atoms with E-state index in [1.54, 1.807) is 25.6 Å². The first kappa shape index (κ1) is 31.0. The molecule has 0 aliphatic carbocycles. The van der Waals surface area contributed by atoms with E-state index in [4.69, 9.17) is 14.2 Å². The normalized spacial score (nSPS) is 23.8. The first-order valence-corrected chi connectivity index (χ1v) is 16.6. The molecule has 1 N–H and O–H groups in total. The summed E-state index contributed by atoms with van der Waals surface area (Å²) in [7, 11) is 0. The zero-order valence-corrected chi connectivity index (χ0v) is 27.0. The van der Waals surface area contributed by atoms with Crippen molar-refractivity contribution in [2.45, 2.75) is 50.7 Å². The number of fused-ring (bicyclic) bond motifs is 2. The molecule has 4 aromatic rings. The summed E-state index contributed by atoms with van der Waals surface area (Å²) in [6.07, 6.45) is 1.05. The van der Waals surface area contributed by atoms with Gasteiger partial charge < -0.3 is 24.2 Å². The lowest BCUT2D eigenvalue weighted by molar-refractivity contribution is -0.146. The van der Waals surface area contributed by atoms with Crippen LogP contribution in [-0.4, -0.2) is 70.6 Å². The minimum Gasteiger partial charge on any atom is -0.447 e. The Morgan fingerprint density at radius 2 is 1.61 bits per heavy atom. The Morgan fingerprint density at radius 3 is 2.31 bits per heavy atom. The number of nitrogens with zero attached hydrogens (tertiary/aromatic N) is 6. The van der Waals surface area contributed by atoms with Gasteiger partial charge in [0, 0.05) is 29.4 Å². The average molecular weight is 665 g/mol. The molecule has 3 aromatic carbocycles. The van der Waals surface area contributed by atoms with Crippen molar-refractivity contribution in [1.29, 1.82) is 0 Å². The number of hydrogen-bond acceptors (Lipinski definition) is 9. The van der Waals surface area contributed by atoms with E-state index in [0.717, 1.165) is 28.1 Å². The van der Waals surface area contributed by atoms with Gasteiger partial charge in [-0.15, -0.1) is 5.10 Å². The highest BCUT2D eigenvalue weighted by Gasteiger charge is 2.60. The number of aryl methyl sites for hydroxylation is 1. The molecule has 13 heteroatoms. The van der Waals surface area contributed by atoms with E-state index in [2.05, 4.69) is 10.3 Å².